The van der Waals surface area contributed by atoms with Gasteiger partial charge < -0.3 is 5.11 Å². The lowest BCUT2D eigenvalue weighted by Gasteiger charge is -2.15. The van der Waals surface area contributed by atoms with Crippen LogP contribution in [-0.2, 0) is 21.4 Å². The zero-order valence-corrected chi connectivity index (χ0v) is 13.8. The fraction of sp³-hybridized carbons (Fsp3) is 0.462. The summed E-state index contributed by atoms with van der Waals surface area (Å²) in [6.45, 7) is 5.32. The Labute approximate surface area is 133 Å². The lowest BCUT2D eigenvalue weighted by molar-refractivity contribution is -0.139. The highest BCUT2D eigenvalue weighted by Crippen LogP contribution is 2.21. The van der Waals surface area contributed by atoms with Crippen LogP contribution in [0.5, 0.6) is 0 Å². The number of carboxylic acids is 1. The van der Waals surface area contributed by atoms with E-state index in [-0.39, 0.29) is 17.4 Å². The van der Waals surface area contributed by atoms with Gasteiger partial charge in [-0.1, -0.05) is 13.8 Å². The van der Waals surface area contributed by atoms with Crippen LogP contribution < -0.4 is 4.72 Å². The number of aromatic nitrogens is 4. The smallest absolute Gasteiger partial charge is 0.323 e. The third-order valence-electron chi connectivity index (χ3n) is 3.23. The SMILES string of the molecule is Cc1cnn(CC(NS(=O)(=O)c2cn[nH]c2C(C)C)C(=O)O)c1. The van der Waals surface area contributed by atoms with Crippen LogP contribution in [0.4, 0.5) is 0 Å². The molecule has 2 rings (SSSR count). The fourth-order valence-corrected chi connectivity index (χ4v) is 3.52. The molecule has 0 fully saturated rings. The molecule has 2 heterocycles. The maximum atomic E-state index is 12.5. The number of aromatic amines is 1. The molecule has 23 heavy (non-hydrogen) atoms. The first-order chi connectivity index (χ1) is 10.7. The number of nitrogens with one attached hydrogen (secondary N) is 2. The van der Waals surface area contributed by atoms with Gasteiger partial charge in [0.15, 0.2) is 0 Å². The van der Waals surface area contributed by atoms with E-state index in [0.29, 0.717) is 5.69 Å². The minimum Gasteiger partial charge on any atom is -0.480 e. The molecule has 0 radical (unpaired) electrons. The van der Waals surface area contributed by atoms with Gasteiger partial charge in [0.1, 0.15) is 10.9 Å². The highest BCUT2D eigenvalue weighted by Gasteiger charge is 2.29. The second-order valence-electron chi connectivity index (χ2n) is 5.55. The summed E-state index contributed by atoms with van der Waals surface area (Å²) in [5, 5.41) is 19.6. The molecular formula is C13H19N5O4S. The lowest BCUT2D eigenvalue weighted by Crippen LogP contribution is -2.43. The van der Waals surface area contributed by atoms with Gasteiger partial charge in [0.2, 0.25) is 10.0 Å². The van der Waals surface area contributed by atoms with Gasteiger partial charge in [-0.3, -0.25) is 14.6 Å². The van der Waals surface area contributed by atoms with E-state index in [2.05, 4.69) is 20.0 Å². The molecule has 0 aliphatic carbocycles. The molecular weight excluding hydrogens is 322 g/mol. The molecule has 126 valence electrons. The Hall–Kier alpha value is -2.20. The minimum absolute atomic E-state index is 0.0459. The lowest BCUT2D eigenvalue weighted by atomic mass is 10.1. The Morgan fingerprint density at radius 2 is 2.13 bits per heavy atom. The van der Waals surface area contributed by atoms with Crippen molar-refractivity contribution in [2.45, 2.75) is 44.2 Å². The van der Waals surface area contributed by atoms with E-state index in [0.717, 1.165) is 5.56 Å². The zero-order valence-electron chi connectivity index (χ0n) is 13.0. The Bertz CT molecular complexity index is 793. The average molecular weight is 341 g/mol. The second-order valence-corrected chi connectivity index (χ2v) is 7.24. The third-order valence-corrected chi connectivity index (χ3v) is 4.73. The number of sulfonamides is 1. The van der Waals surface area contributed by atoms with Crippen molar-refractivity contribution in [2.24, 2.45) is 0 Å². The summed E-state index contributed by atoms with van der Waals surface area (Å²) in [4.78, 5) is 11.3. The van der Waals surface area contributed by atoms with Gasteiger partial charge in [-0.15, -0.1) is 0 Å². The molecule has 0 aromatic carbocycles. The molecule has 0 aliphatic heterocycles. The van der Waals surface area contributed by atoms with Crippen molar-refractivity contribution in [1.29, 1.82) is 0 Å². The van der Waals surface area contributed by atoms with Crippen molar-refractivity contribution in [2.75, 3.05) is 0 Å². The highest BCUT2D eigenvalue weighted by molar-refractivity contribution is 7.89. The van der Waals surface area contributed by atoms with Crippen LogP contribution in [0.15, 0.2) is 23.5 Å². The van der Waals surface area contributed by atoms with E-state index in [4.69, 9.17) is 0 Å². The van der Waals surface area contributed by atoms with E-state index < -0.39 is 22.0 Å². The second kappa shape index (κ2) is 6.50. The van der Waals surface area contributed by atoms with Crippen LogP contribution in [0.25, 0.3) is 0 Å². The molecule has 0 amide bonds. The predicted molar refractivity (Wildman–Crippen MR) is 81.4 cm³/mol. The van der Waals surface area contributed by atoms with E-state index in [1.165, 1.54) is 10.9 Å². The van der Waals surface area contributed by atoms with Crippen LogP contribution in [0, 0.1) is 6.92 Å². The molecule has 3 N–H and O–H groups in total. The maximum absolute atomic E-state index is 12.5. The Balaban J connectivity index is 2.24. The van der Waals surface area contributed by atoms with Crippen LogP contribution >= 0.6 is 0 Å². The number of carboxylic acid groups (broad SMARTS) is 1. The summed E-state index contributed by atoms with van der Waals surface area (Å²) in [5.74, 6) is -1.38. The van der Waals surface area contributed by atoms with Gasteiger partial charge in [0, 0.05) is 6.20 Å². The molecule has 1 atom stereocenters. The molecule has 0 spiro atoms. The number of rotatable bonds is 7. The molecule has 9 nitrogen and oxygen atoms in total. The highest BCUT2D eigenvalue weighted by atomic mass is 32.2. The van der Waals surface area contributed by atoms with Crippen molar-refractivity contribution in [3.05, 3.63) is 29.8 Å². The molecule has 0 bridgehead atoms. The van der Waals surface area contributed by atoms with Crippen molar-refractivity contribution in [3.8, 4) is 0 Å². The molecule has 2 aromatic rings. The first-order valence-corrected chi connectivity index (χ1v) is 8.46. The predicted octanol–water partition coefficient (Wildman–Crippen LogP) is 0.470. The van der Waals surface area contributed by atoms with Gasteiger partial charge in [-0.05, 0) is 18.4 Å². The minimum atomic E-state index is -4.02. The number of hydrogen-bond acceptors (Lipinski definition) is 5. The van der Waals surface area contributed by atoms with Crippen LogP contribution in [0.2, 0.25) is 0 Å². The van der Waals surface area contributed by atoms with Crippen molar-refractivity contribution in [3.63, 3.8) is 0 Å². The number of H-pyrrole nitrogens is 1. The fourth-order valence-electron chi connectivity index (χ4n) is 2.08. The van der Waals surface area contributed by atoms with Crippen LogP contribution in [0.1, 0.15) is 31.0 Å². The Kier molecular flexibility index (Phi) is 4.85. The van der Waals surface area contributed by atoms with Crippen LogP contribution in [-0.4, -0.2) is 45.5 Å². The van der Waals surface area contributed by atoms with E-state index in [9.17, 15) is 18.3 Å². The summed E-state index contributed by atoms with van der Waals surface area (Å²) >= 11 is 0. The van der Waals surface area contributed by atoms with Gasteiger partial charge in [-0.2, -0.15) is 14.9 Å². The summed E-state index contributed by atoms with van der Waals surface area (Å²) in [6, 6.07) is -1.34. The Morgan fingerprint density at radius 1 is 1.43 bits per heavy atom. The molecule has 2 aromatic heterocycles. The number of carbonyl (C=O) groups is 1. The normalized spacial score (nSPS) is 13.4. The topological polar surface area (TPSA) is 130 Å². The van der Waals surface area contributed by atoms with Gasteiger partial charge in [0.05, 0.1) is 24.6 Å². The molecule has 0 aliphatic rings. The summed E-state index contributed by atoms with van der Waals surface area (Å²) in [6.07, 6.45) is 4.39. The van der Waals surface area contributed by atoms with E-state index in [1.807, 2.05) is 20.8 Å². The summed E-state index contributed by atoms with van der Waals surface area (Å²) in [7, 11) is -4.02. The van der Waals surface area contributed by atoms with Crippen molar-refractivity contribution >= 4 is 16.0 Å². The van der Waals surface area contributed by atoms with E-state index >= 15 is 0 Å². The van der Waals surface area contributed by atoms with Crippen molar-refractivity contribution < 1.29 is 18.3 Å². The largest absolute Gasteiger partial charge is 0.480 e. The molecule has 0 saturated carbocycles. The number of aliphatic carboxylic acids is 1. The zero-order chi connectivity index (χ0) is 17.2. The third kappa shape index (κ3) is 3.96. The average Bonchev–Trinajstić information content (AvgIpc) is 3.06. The number of hydrogen-bond donors (Lipinski definition) is 3. The Morgan fingerprint density at radius 3 is 2.65 bits per heavy atom. The first-order valence-electron chi connectivity index (χ1n) is 6.98. The monoisotopic (exact) mass is 341 g/mol. The first kappa shape index (κ1) is 17.2. The van der Waals surface area contributed by atoms with Gasteiger partial charge >= 0.3 is 5.97 Å². The van der Waals surface area contributed by atoms with Gasteiger partial charge in [-0.25, -0.2) is 8.42 Å². The van der Waals surface area contributed by atoms with Crippen LogP contribution in [0.3, 0.4) is 0 Å². The van der Waals surface area contributed by atoms with E-state index in [1.54, 1.807) is 12.4 Å². The molecule has 0 saturated heterocycles. The summed E-state index contributed by atoms with van der Waals surface area (Å²) in [5.41, 5.74) is 1.28. The number of aryl methyl sites for hydroxylation is 1. The molecule has 10 heteroatoms. The van der Waals surface area contributed by atoms with Gasteiger partial charge in [0.25, 0.3) is 0 Å². The standard InChI is InChI=1S/C13H19N5O4S/c1-8(2)12-11(5-14-16-12)23(21,22)17-10(13(19)20)7-18-6-9(3)4-15-18/h4-6,8,10,17H,7H2,1-3H3,(H,14,16)(H,19,20). The quantitative estimate of drug-likeness (QED) is 0.671. The van der Waals surface area contributed by atoms with Crippen molar-refractivity contribution in [1.82, 2.24) is 24.7 Å². The molecule has 1 unspecified atom stereocenters. The number of nitrogens with zero attached hydrogens (tertiary/aromatic N) is 3. The summed E-state index contributed by atoms with van der Waals surface area (Å²) < 4.78 is 28.5. The maximum Gasteiger partial charge on any atom is 0.323 e.